The second kappa shape index (κ2) is 6.24. The smallest absolute Gasteiger partial charge is 0.409 e. The van der Waals surface area contributed by atoms with Crippen LogP contribution in [0.4, 0.5) is 4.79 Å². The highest BCUT2D eigenvalue weighted by Crippen LogP contribution is 2.27. The molecule has 19 heavy (non-hydrogen) atoms. The highest BCUT2D eigenvalue weighted by atomic mass is 32.2. The average Bonchev–Trinajstić information content (AvgIpc) is 2.40. The second-order valence-corrected chi connectivity index (χ2v) is 5.00. The van der Waals surface area contributed by atoms with E-state index in [1.807, 2.05) is 18.2 Å². The van der Waals surface area contributed by atoms with Crippen LogP contribution >= 0.6 is 11.8 Å². The normalized spacial score (nSPS) is 10.2. The van der Waals surface area contributed by atoms with Gasteiger partial charge in [-0.25, -0.2) is 4.79 Å². The molecule has 0 spiro atoms. The van der Waals surface area contributed by atoms with E-state index in [4.69, 9.17) is 10.5 Å². The van der Waals surface area contributed by atoms with Gasteiger partial charge in [0.1, 0.15) is 0 Å². The van der Waals surface area contributed by atoms with Crippen LogP contribution in [0.2, 0.25) is 0 Å². The van der Waals surface area contributed by atoms with E-state index in [0.717, 1.165) is 10.6 Å². The number of hydrogen-bond acceptors (Lipinski definition) is 4. The van der Waals surface area contributed by atoms with Gasteiger partial charge in [0.05, 0.1) is 5.69 Å². The Morgan fingerprint density at radius 2 is 2.11 bits per heavy atom. The number of amides is 1. The summed E-state index contributed by atoms with van der Waals surface area (Å²) in [6, 6.07) is 11.9. The summed E-state index contributed by atoms with van der Waals surface area (Å²) in [7, 11) is 0. The number of thioether (sulfide) groups is 1. The van der Waals surface area contributed by atoms with Crippen molar-refractivity contribution in [1.82, 2.24) is 4.98 Å². The predicted molar refractivity (Wildman–Crippen MR) is 75.2 cm³/mol. The van der Waals surface area contributed by atoms with E-state index < -0.39 is 6.09 Å². The monoisotopic (exact) mass is 274 g/mol. The van der Waals surface area contributed by atoms with E-state index >= 15 is 0 Å². The third-order valence-corrected chi connectivity index (χ3v) is 3.51. The number of rotatable bonds is 4. The lowest BCUT2D eigenvalue weighted by Crippen LogP contribution is -2.17. The number of hydrogen-bond donors (Lipinski definition) is 1. The number of carbonyl (C=O) groups excluding carboxylic acids is 1. The molecule has 0 radical (unpaired) electrons. The van der Waals surface area contributed by atoms with Crippen molar-refractivity contribution in [2.24, 2.45) is 5.73 Å². The van der Waals surface area contributed by atoms with E-state index in [-0.39, 0.29) is 0 Å². The van der Waals surface area contributed by atoms with Crippen LogP contribution in [-0.2, 0) is 5.75 Å². The molecule has 0 unspecified atom stereocenters. The summed E-state index contributed by atoms with van der Waals surface area (Å²) in [5.74, 6) is 1.24. The second-order valence-electron chi connectivity index (χ2n) is 3.95. The van der Waals surface area contributed by atoms with Gasteiger partial charge in [-0.2, -0.15) is 0 Å². The fourth-order valence-corrected chi connectivity index (χ4v) is 2.37. The minimum atomic E-state index is -0.824. The number of nitrogens with zero attached hydrogens (tertiary/aromatic N) is 1. The van der Waals surface area contributed by atoms with Crippen molar-refractivity contribution in [3.05, 3.63) is 53.9 Å². The fraction of sp³-hybridized carbons (Fsp3) is 0.143. The van der Waals surface area contributed by atoms with Gasteiger partial charge in [0.2, 0.25) is 0 Å². The maximum atomic E-state index is 10.8. The van der Waals surface area contributed by atoms with Crippen LogP contribution in [0.5, 0.6) is 5.75 Å². The van der Waals surface area contributed by atoms with E-state index in [1.165, 1.54) is 5.56 Å². The molecule has 0 atom stereocenters. The van der Waals surface area contributed by atoms with Crippen LogP contribution in [-0.4, -0.2) is 11.1 Å². The summed E-state index contributed by atoms with van der Waals surface area (Å²) < 4.78 is 4.90. The van der Waals surface area contributed by atoms with E-state index in [1.54, 1.807) is 30.9 Å². The van der Waals surface area contributed by atoms with E-state index in [9.17, 15) is 4.79 Å². The molecule has 0 aliphatic heterocycles. The van der Waals surface area contributed by atoms with Crippen molar-refractivity contribution in [1.29, 1.82) is 0 Å². The Bertz CT molecular complexity index is 573. The molecule has 0 saturated heterocycles. The fourth-order valence-electron chi connectivity index (χ4n) is 1.53. The highest BCUT2D eigenvalue weighted by molar-refractivity contribution is 7.98. The molecule has 5 heteroatoms. The standard InChI is InChI=1S/C14H14N2O2S/c1-10-13(18-14(15)17)7-12(8-16-10)19-9-11-5-3-2-4-6-11/h2-8H,9H2,1H3,(H2,15,17). The summed E-state index contributed by atoms with van der Waals surface area (Å²) in [5.41, 5.74) is 6.88. The number of benzene rings is 1. The van der Waals surface area contributed by atoms with Crippen LogP contribution in [0, 0.1) is 6.92 Å². The van der Waals surface area contributed by atoms with Crippen molar-refractivity contribution in [2.75, 3.05) is 0 Å². The summed E-state index contributed by atoms with van der Waals surface area (Å²) >= 11 is 1.63. The molecule has 1 amide bonds. The van der Waals surface area contributed by atoms with Gasteiger partial charge in [-0.3, -0.25) is 4.98 Å². The molecule has 2 aromatic rings. The SMILES string of the molecule is Cc1ncc(SCc2ccccc2)cc1OC(N)=O. The first-order valence-corrected chi connectivity index (χ1v) is 6.74. The topological polar surface area (TPSA) is 65.2 Å². The molecule has 0 fully saturated rings. The Morgan fingerprint density at radius 1 is 1.37 bits per heavy atom. The minimum absolute atomic E-state index is 0.408. The van der Waals surface area contributed by atoms with Crippen LogP contribution in [0.15, 0.2) is 47.5 Å². The Hall–Kier alpha value is -2.01. The van der Waals surface area contributed by atoms with E-state index in [2.05, 4.69) is 17.1 Å². The largest absolute Gasteiger partial charge is 0.410 e. The highest BCUT2D eigenvalue weighted by Gasteiger charge is 2.06. The lowest BCUT2D eigenvalue weighted by molar-refractivity contribution is 0.210. The van der Waals surface area contributed by atoms with Gasteiger partial charge in [0.25, 0.3) is 0 Å². The van der Waals surface area contributed by atoms with Crippen molar-refractivity contribution >= 4 is 17.9 Å². The molecule has 4 nitrogen and oxygen atoms in total. The number of nitrogens with two attached hydrogens (primary N) is 1. The van der Waals surface area contributed by atoms with Gasteiger partial charge in [0, 0.05) is 16.8 Å². The number of aryl methyl sites for hydroxylation is 1. The molecule has 0 aliphatic rings. The van der Waals surface area contributed by atoms with E-state index in [0.29, 0.717) is 11.4 Å². The zero-order chi connectivity index (χ0) is 13.7. The number of ether oxygens (including phenoxy) is 1. The molecule has 1 heterocycles. The molecule has 1 aromatic carbocycles. The lowest BCUT2D eigenvalue weighted by Gasteiger charge is -2.07. The third kappa shape index (κ3) is 3.99. The molecule has 98 valence electrons. The van der Waals surface area contributed by atoms with Gasteiger partial charge in [0.15, 0.2) is 5.75 Å². The van der Waals surface area contributed by atoms with Crippen LogP contribution < -0.4 is 10.5 Å². The van der Waals surface area contributed by atoms with Crippen molar-refractivity contribution in [3.8, 4) is 5.75 Å². The molecule has 2 N–H and O–H groups in total. The first kappa shape index (κ1) is 13.4. The molecule has 0 saturated carbocycles. The van der Waals surface area contributed by atoms with Crippen LogP contribution in [0.1, 0.15) is 11.3 Å². The Morgan fingerprint density at radius 3 is 2.79 bits per heavy atom. The number of carbonyl (C=O) groups is 1. The Kier molecular flexibility index (Phi) is 4.41. The Balaban J connectivity index is 2.06. The molecule has 2 rings (SSSR count). The van der Waals surface area contributed by atoms with Gasteiger partial charge >= 0.3 is 6.09 Å². The zero-order valence-corrected chi connectivity index (χ0v) is 11.3. The summed E-state index contributed by atoms with van der Waals surface area (Å²) in [6.45, 7) is 1.77. The number of pyridine rings is 1. The zero-order valence-electron chi connectivity index (χ0n) is 10.5. The third-order valence-electron chi connectivity index (χ3n) is 2.47. The van der Waals surface area contributed by atoms with Crippen molar-refractivity contribution in [3.63, 3.8) is 0 Å². The summed E-state index contributed by atoms with van der Waals surface area (Å²) in [5, 5.41) is 0. The quantitative estimate of drug-likeness (QED) is 0.870. The predicted octanol–water partition coefficient (Wildman–Crippen LogP) is 3.14. The summed E-state index contributed by atoms with van der Waals surface area (Å²) in [6.07, 6.45) is 0.937. The van der Waals surface area contributed by atoms with Gasteiger partial charge in [-0.15, -0.1) is 11.8 Å². The maximum Gasteiger partial charge on any atom is 0.410 e. The molecule has 0 aliphatic carbocycles. The lowest BCUT2D eigenvalue weighted by atomic mass is 10.2. The molecule has 1 aromatic heterocycles. The number of aromatic nitrogens is 1. The first-order valence-electron chi connectivity index (χ1n) is 5.76. The first-order chi connectivity index (χ1) is 9.15. The van der Waals surface area contributed by atoms with Gasteiger partial charge in [-0.05, 0) is 18.6 Å². The van der Waals surface area contributed by atoms with Crippen molar-refractivity contribution < 1.29 is 9.53 Å². The molecule has 0 bridgehead atoms. The van der Waals surface area contributed by atoms with Gasteiger partial charge in [-0.1, -0.05) is 30.3 Å². The molecular formula is C14H14N2O2S. The minimum Gasteiger partial charge on any atom is -0.409 e. The van der Waals surface area contributed by atoms with Crippen LogP contribution in [0.25, 0.3) is 0 Å². The van der Waals surface area contributed by atoms with Crippen molar-refractivity contribution in [2.45, 2.75) is 17.6 Å². The average molecular weight is 274 g/mol. The number of primary amides is 1. The molecular weight excluding hydrogens is 260 g/mol. The Labute approximate surface area is 116 Å². The maximum absolute atomic E-state index is 10.8. The van der Waals surface area contributed by atoms with Gasteiger partial charge < -0.3 is 10.5 Å². The summed E-state index contributed by atoms with van der Waals surface area (Å²) in [4.78, 5) is 15.9. The van der Waals surface area contributed by atoms with Crippen LogP contribution in [0.3, 0.4) is 0 Å².